The molecule has 2 heterocycles. The van der Waals surface area contributed by atoms with Crippen LogP contribution in [0.15, 0.2) is 18.2 Å². The zero-order valence-electron chi connectivity index (χ0n) is 12.1. The second-order valence-corrected chi connectivity index (χ2v) is 6.10. The third kappa shape index (κ3) is 2.88. The summed E-state index contributed by atoms with van der Waals surface area (Å²) in [7, 11) is 0. The van der Waals surface area contributed by atoms with E-state index in [1.807, 2.05) is 6.07 Å². The van der Waals surface area contributed by atoms with Crippen LogP contribution in [-0.2, 0) is 0 Å². The molecule has 3 rings (SSSR count). The summed E-state index contributed by atoms with van der Waals surface area (Å²) < 4.78 is 0. The lowest BCUT2D eigenvalue weighted by atomic mass is 9.80. The number of pyridine rings is 1. The van der Waals surface area contributed by atoms with Crippen LogP contribution in [0.4, 0.5) is 5.82 Å². The first-order valence-electron chi connectivity index (χ1n) is 7.82. The molecule has 0 radical (unpaired) electrons. The van der Waals surface area contributed by atoms with Crippen molar-refractivity contribution in [3.05, 3.63) is 23.9 Å². The summed E-state index contributed by atoms with van der Waals surface area (Å²) in [5, 5.41) is 19.4. The van der Waals surface area contributed by atoms with E-state index < -0.39 is 5.97 Å². The maximum atomic E-state index is 11.1. The fourth-order valence-electron chi connectivity index (χ4n) is 3.81. The van der Waals surface area contributed by atoms with Crippen LogP contribution in [-0.4, -0.2) is 39.9 Å². The van der Waals surface area contributed by atoms with Crippen molar-refractivity contribution in [1.29, 1.82) is 0 Å². The Kier molecular flexibility index (Phi) is 4.10. The van der Waals surface area contributed by atoms with Gasteiger partial charge in [0, 0.05) is 18.5 Å². The molecule has 1 aliphatic heterocycles. The van der Waals surface area contributed by atoms with Gasteiger partial charge in [0.25, 0.3) is 0 Å². The van der Waals surface area contributed by atoms with Crippen molar-refractivity contribution in [2.45, 2.75) is 50.7 Å². The number of aliphatic hydroxyl groups excluding tert-OH is 1. The monoisotopic (exact) mass is 290 g/mol. The van der Waals surface area contributed by atoms with E-state index >= 15 is 0 Å². The minimum atomic E-state index is -0.995. The molecule has 1 aromatic heterocycles. The van der Waals surface area contributed by atoms with Gasteiger partial charge in [-0.15, -0.1) is 0 Å². The number of aromatic nitrogens is 1. The first-order valence-corrected chi connectivity index (χ1v) is 7.82. The van der Waals surface area contributed by atoms with E-state index in [4.69, 9.17) is 5.11 Å². The van der Waals surface area contributed by atoms with Gasteiger partial charge < -0.3 is 15.1 Å². The highest BCUT2D eigenvalue weighted by atomic mass is 16.4. The van der Waals surface area contributed by atoms with E-state index in [0.717, 1.165) is 44.5 Å². The number of hydrogen-bond acceptors (Lipinski definition) is 4. The first-order chi connectivity index (χ1) is 10.2. The van der Waals surface area contributed by atoms with Crippen LogP contribution in [0.5, 0.6) is 0 Å². The van der Waals surface area contributed by atoms with Gasteiger partial charge in [-0.25, -0.2) is 9.78 Å². The molecule has 1 aliphatic carbocycles. The molecule has 1 saturated heterocycles. The number of aliphatic hydroxyl groups is 1. The third-order valence-corrected chi connectivity index (χ3v) is 4.82. The Morgan fingerprint density at radius 1 is 1.19 bits per heavy atom. The minimum Gasteiger partial charge on any atom is -0.477 e. The molecule has 3 unspecified atom stereocenters. The molecule has 1 saturated carbocycles. The lowest BCUT2D eigenvalue weighted by molar-refractivity contribution is 0.0564. The van der Waals surface area contributed by atoms with E-state index in [1.165, 1.54) is 12.5 Å². The summed E-state index contributed by atoms with van der Waals surface area (Å²) >= 11 is 0. The van der Waals surface area contributed by atoms with Crippen LogP contribution in [0.25, 0.3) is 0 Å². The largest absolute Gasteiger partial charge is 0.477 e. The highest BCUT2D eigenvalue weighted by molar-refractivity contribution is 5.85. The molecule has 0 aromatic carbocycles. The molecule has 5 nitrogen and oxygen atoms in total. The topological polar surface area (TPSA) is 73.7 Å². The average Bonchev–Trinajstić information content (AvgIpc) is 2.97. The fraction of sp³-hybridized carbons (Fsp3) is 0.625. The molecule has 0 spiro atoms. The molecular formula is C16H22N2O3. The fourth-order valence-corrected chi connectivity index (χ4v) is 3.81. The van der Waals surface area contributed by atoms with Crippen molar-refractivity contribution in [2.24, 2.45) is 5.92 Å². The minimum absolute atomic E-state index is 0.0855. The molecular weight excluding hydrogens is 268 g/mol. The SMILES string of the molecule is O=C(O)c1cccc(N2CCCC2C2CCCCC2O)n1. The Morgan fingerprint density at radius 3 is 2.76 bits per heavy atom. The number of anilines is 1. The maximum absolute atomic E-state index is 11.1. The Morgan fingerprint density at radius 2 is 2.00 bits per heavy atom. The first kappa shape index (κ1) is 14.3. The van der Waals surface area contributed by atoms with Gasteiger partial charge in [0.2, 0.25) is 0 Å². The molecule has 5 heteroatoms. The third-order valence-electron chi connectivity index (χ3n) is 4.82. The smallest absolute Gasteiger partial charge is 0.354 e. The van der Waals surface area contributed by atoms with Gasteiger partial charge in [-0.3, -0.25) is 0 Å². The Hall–Kier alpha value is -1.62. The van der Waals surface area contributed by atoms with Crippen molar-refractivity contribution in [1.82, 2.24) is 4.98 Å². The summed E-state index contributed by atoms with van der Waals surface area (Å²) in [5.41, 5.74) is 0.0855. The second-order valence-electron chi connectivity index (χ2n) is 6.10. The molecule has 3 atom stereocenters. The molecule has 2 N–H and O–H groups in total. The molecule has 1 aromatic rings. The Bertz CT molecular complexity index is 520. The number of nitrogens with zero attached hydrogens (tertiary/aromatic N) is 2. The molecule has 2 fully saturated rings. The van der Waals surface area contributed by atoms with Crippen LogP contribution >= 0.6 is 0 Å². The number of aromatic carboxylic acids is 1. The van der Waals surface area contributed by atoms with Crippen molar-refractivity contribution < 1.29 is 15.0 Å². The van der Waals surface area contributed by atoms with Gasteiger partial charge in [-0.05, 0) is 37.8 Å². The lowest BCUT2D eigenvalue weighted by Crippen LogP contribution is -2.43. The highest BCUT2D eigenvalue weighted by Crippen LogP contribution is 2.36. The van der Waals surface area contributed by atoms with E-state index in [0.29, 0.717) is 0 Å². The molecule has 0 amide bonds. The Labute approximate surface area is 124 Å². The summed E-state index contributed by atoms with van der Waals surface area (Å²) in [6.07, 6.45) is 6.13. The summed E-state index contributed by atoms with van der Waals surface area (Å²) in [6.45, 7) is 0.893. The summed E-state index contributed by atoms with van der Waals surface area (Å²) in [6, 6.07) is 5.43. The van der Waals surface area contributed by atoms with Gasteiger partial charge in [-0.2, -0.15) is 0 Å². The van der Waals surface area contributed by atoms with Crippen molar-refractivity contribution in [3.63, 3.8) is 0 Å². The van der Waals surface area contributed by atoms with Crippen molar-refractivity contribution in [3.8, 4) is 0 Å². The van der Waals surface area contributed by atoms with E-state index in [9.17, 15) is 9.90 Å². The van der Waals surface area contributed by atoms with Crippen LogP contribution in [0.1, 0.15) is 49.0 Å². The van der Waals surface area contributed by atoms with Gasteiger partial charge >= 0.3 is 5.97 Å². The highest BCUT2D eigenvalue weighted by Gasteiger charge is 2.37. The van der Waals surface area contributed by atoms with Crippen molar-refractivity contribution in [2.75, 3.05) is 11.4 Å². The normalized spacial score (nSPS) is 29.6. The zero-order chi connectivity index (χ0) is 14.8. The predicted molar refractivity (Wildman–Crippen MR) is 79.5 cm³/mol. The van der Waals surface area contributed by atoms with E-state index in [1.54, 1.807) is 6.07 Å². The Balaban J connectivity index is 1.83. The van der Waals surface area contributed by atoms with E-state index in [2.05, 4.69) is 9.88 Å². The number of rotatable bonds is 3. The number of carboxylic acids is 1. The number of carbonyl (C=O) groups is 1. The summed E-state index contributed by atoms with van der Waals surface area (Å²) in [5.74, 6) is 0.0250. The van der Waals surface area contributed by atoms with Crippen LogP contribution in [0.3, 0.4) is 0 Å². The van der Waals surface area contributed by atoms with E-state index in [-0.39, 0.29) is 23.8 Å². The van der Waals surface area contributed by atoms with Crippen LogP contribution < -0.4 is 4.90 Å². The predicted octanol–water partition coefficient (Wildman–Crippen LogP) is 2.30. The standard InChI is InChI=1S/C16H22N2O3/c19-14-8-2-1-5-11(14)13-7-4-10-18(13)15-9-3-6-12(17-15)16(20)21/h3,6,9,11,13-14,19H,1-2,4-5,7-8,10H2,(H,20,21). The van der Waals surface area contributed by atoms with Gasteiger partial charge in [0.05, 0.1) is 6.10 Å². The lowest BCUT2D eigenvalue weighted by Gasteiger charge is -2.37. The quantitative estimate of drug-likeness (QED) is 0.893. The van der Waals surface area contributed by atoms with Crippen LogP contribution in [0.2, 0.25) is 0 Å². The van der Waals surface area contributed by atoms with Gasteiger partial charge in [0.15, 0.2) is 5.69 Å². The molecule has 2 aliphatic rings. The van der Waals surface area contributed by atoms with Crippen LogP contribution in [0, 0.1) is 5.92 Å². The molecule has 21 heavy (non-hydrogen) atoms. The second kappa shape index (κ2) is 6.02. The molecule has 114 valence electrons. The van der Waals surface area contributed by atoms with Gasteiger partial charge in [0.1, 0.15) is 5.82 Å². The molecule has 0 bridgehead atoms. The number of carboxylic acid groups (broad SMARTS) is 1. The summed E-state index contributed by atoms with van der Waals surface area (Å²) in [4.78, 5) is 17.6. The number of hydrogen-bond donors (Lipinski definition) is 2. The zero-order valence-corrected chi connectivity index (χ0v) is 12.1. The average molecular weight is 290 g/mol. The van der Waals surface area contributed by atoms with Gasteiger partial charge in [-0.1, -0.05) is 18.9 Å². The maximum Gasteiger partial charge on any atom is 0.354 e. The van der Waals surface area contributed by atoms with Crippen molar-refractivity contribution >= 4 is 11.8 Å².